The van der Waals surface area contributed by atoms with Crippen molar-refractivity contribution in [1.29, 1.82) is 0 Å². The van der Waals surface area contributed by atoms with Gasteiger partial charge in [-0.05, 0) is 109 Å². The smallest absolute Gasteiger partial charge is 0.306 e. The van der Waals surface area contributed by atoms with Crippen molar-refractivity contribution >= 4 is 17.9 Å². The lowest BCUT2D eigenvalue weighted by atomic mass is 10.0. The second-order valence-electron chi connectivity index (χ2n) is 22.4. The first-order chi connectivity index (χ1) is 38.0. The maximum Gasteiger partial charge on any atom is 0.306 e. The van der Waals surface area contributed by atoms with Crippen LogP contribution in [0.1, 0.15) is 342 Å². The van der Waals surface area contributed by atoms with Crippen molar-refractivity contribution in [3.05, 3.63) is 72.9 Å². The summed E-state index contributed by atoms with van der Waals surface area (Å²) in [5.74, 6) is -0.890. The fraction of sp³-hybridized carbons (Fsp3) is 0.789. The number of hydrogen-bond donors (Lipinski definition) is 0. The summed E-state index contributed by atoms with van der Waals surface area (Å²) in [7, 11) is 0. The van der Waals surface area contributed by atoms with E-state index in [1.165, 1.54) is 193 Å². The van der Waals surface area contributed by atoms with E-state index in [1.54, 1.807) is 0 Å². The quantitative estimate of drug-likeness (QED) is 0.0261. The highest BCUT2D eigenvalue weighted by molar-refractivity contribution is 5.71. The van der Waals surface area contributed by atoms with E-state index < -0.39 is 6.10 Å². The molecule has 446 valence electrons. The largest absolute Gasteiger partial charge is 0.462 e. The molecule has 1 unspecified atom stereocenters. The third-order valence-electron chi connectivity index (χ3n) is 14.6. The van der Waals surface area contributed by atoms with E-state index >= 15 is 0 Å². The minimum absolute atomic E-state index is 0.0808. The van der Waals surface area contributed by atoms with Crippen LogP contribution < -0.4 is 0 Å². The van der Waals surface area contributed by atoms with Crippen LogP contribution in [0.25, 0.3) is 0 Å². The van der Waals surface area contributed by atoms with Gasteiger partial charge in [-0.2, -0.15) is 0 Å². The van der Waals surface area contributed by atoms with Gasteiger partial charge in [0, 0.05) is 19.3 Å². The molecule has 0 saturated carbocycles. The van der Waals surface area contributed by atoms with Crippen molar-refractivity contribution in [3.63, 3.8) is 0 Å². The molecule has 1 atom stereocenters. The summed E-state index contributed by atoms with van der Waals surface area (Å²) in [5.41, 5.74) is 0. The van der Waals surface area contributed by atoms with Crippen LogP contribution in [0.4, 0.5) is 0 Å². The van der Waals surface area contributed by atoms with Crippen molar-refractivity contribution in [2.75, 3.05) is 13.2 Å². The number of carbonyl (C=O) groups excluding carboxylic acids is 3. The maximum atomic E-state index is 12.9. The standard InChI is InChI=1S/C71H126O6/c1-4-7-10-13-16-19-22-25-27-28-29-30-31-32-33-34-35-36-37-38-39-40-41-42-44-46-49-52-55-58-61-64-70(73)76-67-68(66-75-69(72)63-60-57-54-51-48-45-24-21-18-15-12-9-6-3)77-71(74)65-62-59-56-53-50-47-43-26-23-20-17-14-11-8-5-2/h12,15,21-22,24-26,28-29,31-32,43,68H,4-11,13-14,16-20,23,27,30,33-42,44-67H2,1-3H3/b15-12-,24-21-,25-22-,29-28-,32-31-,43-26-. The Balaban J connectivity index is 4.18. The molecule has 0 aliphatic carbocycles. The topological polar surface area (TPSA) is 78.9 Å². The van der Waals surface area contributed by atoms with Gasteiger partial charge in [-0.3, -0.25) is 14.4 Å². The van der Waals surface area contributed by atoms with Crippen LogP contribution in [0.15, 0.2) is 72.9 Å². The van der Waals surface area contributed by atoms with E-state index in [4.69, 9.17) is 14.2 Å². The Morgan fingerprint density at radius 2 is 0.494 bits per heavy atom. The number of carbonyl (C=O) groups is 3. The van der Waals surface area contributed by atoms with Crippen LogP contribution in [0.3, 0.4) is 0 Å². The van der Waals surface area contributed by atoms with Gasteiger partial charge in [-0.25, -0.2) is 0 Å². The monoisotopic (exact) mass is 1070 g/mol. The fourth-order valence-electron chi connectivity index (χ4n) is 9.60. The highest BCUT2D eigenvalue weighted by atomic mass is 16.6. The molecule has 0 aromatic heterocycles. The van der Waals surface area contributed by atoms with E-state index in [0.717, 1.165) is 109 Å². The van der Waals surface area contributed by atoms with Gasteiger partial charge in [0.05, 0.1) is 0 Å². The van der Waals surface area contributed by atoms with Crippen LogP contribution in [-0.2, 0) is 28.6 Å². The molecular weight excluding hydrogens is 949 g/mol. The molecule has 0 rings (SSSR count). The van der Waals surface area contributed by atoms with E-state index in [0.29, 0.717) is 19.3 Å². The molecule has 0 N–H and O–H groups in total. The van der Waals surface area contributed by atoms with Gasteiger partial charge < -0.3 is 14.2 Å². The molecule has 0 aliphatic rings. The van der Waals surface area contributed by atoms with Crippen LogP contribution in [0, 0.1) is 0 Å². The molecule has 0 aromatic carbocycles. The molecule has 0 spiro atoms. The Labute approximate surface area is 478 Å². The highest BCUT2D eigenvalue weighted by Crippen LogP contribution is 2.17. The first kappa shape index (κ1) is 73.8. The molecule has 6 nitrogen and oxygen atoms in total. The van der Waals surface area contributed by atoms with Crippen molar-refractivity contribution in [2.24, 2.45) is 0 Å². The van der Waals surface area contributed by atoms with E-state index in [2.05, 4.69) is 93.7 Å². The Morgan fingerprint density at radius 3 is 0.792 bits per heavy atom. The highest BCUT2D eigenvalue weighted by Gasteiger charge is 2.19. The molecule has 0 aromatic rings. The molecule has 0 heterocycles. The zero-order valence-corrected chi connectivity index (χ0v) is 51.2. The van der Waals surface area contributed by atoms with Crippen LogP contribution in [0.5, 0.6) is 0 Å². The summed E-state index contributed by atoms with van der Waals surface area (Å²) < 4.78 is 16.9. The minimum Gasteiger partial charge on any atom is -0.462 e. The molecule has 77 heavy (non-hydrogen) atoms. The Hall–Kier alpha value is -3.15. The van der Waals surface area contributed by atoms with Gasteiger partial charge >= 0.3 is 17.9 Å². The molecule has 0 bridgehead atoms. The fourth-order valence-corrected chi connectivity index (χ4v) is 9.60. The van der Waals surface area contributed by atoms with E-state index in [-0.39, 0.29) is 31.1 Å². The second kappa shape index (κ2) is 65.4. The number of allylic oxidation sites excluding steroid dienone is 12. The van der Waals surface area contributed by atoms with Crippen molar-refractivity contribution in [1.82, 2.24) is 0 Å². The van der Waals surface area contributed by atoms with Gasteiger partial charge in [0.1, 0.15) is 13.2 Å². The second-order valence-corrected chi connectivity index (χ2v) is 22.4. The number of hydrogen-bond acceptors (Lipinski definition) is 6. The molecule has 0 radical (unpaired) electrons. The molecule has 0 saturated heterocycles. The molecule has 0 fully saturated rings. The Kier molecular flexibility index (Phi) is 62.7. The lowest BCUT2D eigenvalue weighted by molar-refractivity contribution is -0.167. The Morgan fingerprint density at radius 1 is 0.260 bits per heavy atom. The lowest BCUT2D eigenvalue weighted by Crippen LogP contribution is -2.30. The van der Waals surface area contributed by atoms with Crippen molar-refractivity contribution in [3.8, 4) is 0 Å². The van der Waals surface area contributed by atoms with E-state index in [9.17, 15) is 14.4 Å². The molecule has 0 aliphatic heterocycles. The SMILES string of the molecule is CCC/C=C\C/C=C\CCCCCCCC(=O)OCC(COC(=O)CCCCCCCCCCCCCCCCCC/C=C\C/C=C\C/C=C\CCCCCCC)OC(=O)CCCCCCC/C=C\CCCCCCCC. The number of unbranched alkanes of at least 4 members (excludes halogenated alkanes) is 38. The average Bonchev–Trinajstić information content (AvgIpc) is 3.43. The summed E-state index contributed by atoms with van der Waals surface area (Å²) >= 11 is 0. The maximum absolute atomic E-state index is 12.9. The van der Waals surface area contributed by atoms with Gasteiger partial charge in [-0.1, -0.05) is 286 Å². The van der Waals surface area contributed by atoms with Crippen LogP contribution in [-0.4, -0.2) is 37.2 Å². The van der Waals surface area contributed by atoms with Gasteiger partial charge in [-0.15, -0.1) is 0 Å². The van der Waals surface area contributed by atoms with Crippen LogP contribution >= 0.6 is 0 Å². The number of rotatable bonds is 61. The summed E-state index contributed by atoms with van der Waals surface area (Å²) in [5, 5.41) is 0. The Bertz CT molecular complexity index is 1420. The van der Waals surface area contributed by atoms with Gasteiger partial charge in [0.15, 0.2) is 6.10 Å². The third-order valence-corrected chi connectivity index (χ3v) is 14.6. The van der Waals surface area contributed by atoms with Crippen molar-refractivity contribution < 1.29 is 28.6 Å². The van der Waals surface area contributed by atoms with E-state index in [1.807, 2.05) is 0 Å². The zero-order valence-electron chi connectivity index (χ0n) is 51.2. The summed E-state index contributed by atoms with van der Waals surface area (Å²) in [6.45, 7) is 6.57. The first-order valence-corrected chi connectivity index (χ1v) is 33.4. The van der Waals surface area contributed by atoms with Gasteiger partial charge in [0.2, 0.25) is 0 Å². The minimum atomic E-state index is -0.785. The number of esters is 3. The molecular formula is C71H126O6. The summed E-state index contributed by atoms with van der Waals surface area (Å²) in [4.78, 5) is 38.3. The predicted octanol–water partition coefficient (Wildman–Crippen LogP) is 22.9. The lowest BCUT2D eigenvalue weighted by Gasteiger charge is -2.18. The molecule has 6 heteroatoms. The molecule has 0 amide bonds. The normalized spacial score (nSPS) is 12.5. The average molecular weight is 1080 g/mol. The summed E-state index contributed by atoms with van der Waals surface area (Å²) in [6.07, 6.45) is 85.0. The van der Waals surface area contributed by atoms with Crippen LogP contribution in [0.2, 0.25) is 0 Å². The predicted molar refractivity (Wildman–Crippen MR) is 335 cm³/mol. The van der Waals surface area contributed by atoms with Crippen molar-refractivity contribution in [2.45, 2.75) is 348 Å². The third kappa shape index (κ3) is 63.6. The summed E-state index contributed by atoms with van der Waals surface area (Å²) in [6, 6.07) is 0. The van der Waals surface area contributed by atoms with Gasteiger partial charge in [0.25, 0.3) is 0 Å². The first-order valence-electron chi connectivity index (χ1n) is 33.4. The number of ether oxygens (including phenoxy) is 3. The zero-order chi connectivity index (χ0) is 55.7.